The lowest BCUT2D eigenvalue weighted by molar-refractivity contribution is -0.137. The molecule has 4 rings (SSSR count). The van der Waals surface area contributed by atoms with Gasteiger partial charge in [-0.1, -0.05) is 48.5 Å². The standard InChI is InChI=1S/C24H20F3N5S/c1-32(2)22-20(12-19(14-28-22)24(25,26)27)18-10-6-7-16(11-18)13-29-31-23-30-21(15-33-23)17-8-4-3-5-9-17/h3-15H,1-2H3,(H,30,31). The Morgan fingerprint density at radius 2 is 1.76 bits per heavy atom. The molecule has 0 atom stereocenters. The molecule has 0 aliphatic carbocycles. The molecule has 0 unspecified atom stereocenters. The first-order chi connectivity index (χ1) is 15.8. The number of pyridine rings is 1. The van der Waals surface area contributed by atoms with E-state index < -0.39 is 11.7 Å². The second-order valence-corrected chi connectivity index (χ2v) is 8.24. The number of hydrogen-bond acceptors (Lipinski definition) is 6. The zero-order chi connectivity index (χ0) is 23.4. The lowest BCUT2D eigenvalue weighted by Crippen LogP contribution is -2.14. The van der Waals surface area contributed by atoms with Crippen LogP contribution in [0.1, 0.15) is 11.1 Å². The Morgan fingerprint density at radius 3 is 2.48 bits per heavy atom. The zero-order valence-corrected chi connectivity index (χ0v) is 18.7. The lowest BCUT2D eigenvalue weighted by Gasteiger charge is -2.18. The van der Waals surface area contributed by atoms with Crippen molar-refractivity contribution < 1.29 is 13.2 Å². The normalized spacial score (nSPS) is 11.7. The van der Waals surface area contributed by atoms with E-state index in [-0.39, 0.29) is 0 Å². The number of benzene rings is 2. The minimum atomic E-state index is -4.47. The summed E-state index contributed by atoms with van der Waals surface area (Å²) < 4.78 is 39.7. The lowest BCUT2D eigenvalue weighted by atomic mass is 10.0. The molecule has 0 bridgehead atoms. The predicted molar refractivity (Wildman–Crippen MR) is 128 cm³/mol. The van der Waals surface area contributed by atoms with E-state index in [1.807, 2.05) is 41.8 Å². The summed E-state index contributed by atoms with van der Waals surface area (Å²) in [5.41, 5.74) is 5.72. The van der Waals surface area contributed by atoms with Gasteiger partial charge in [-0.25, -0.2) is 9.97 Å². The molecule has 2 aromatic carbocycles. The maximum Gasteiger partial charge on any atom is 0.417 e. The first-order valence-electron chi connectivity index (χ1n) is 9.96. The van der Waals surface area contributed by atoms with Gasteiger partial charge in [0, 0.05) is 36.8 Å². The average molecular weight is 468 g/mol. The van der Waals surface area contributed by atoms with Gasteiger partial charge in [-0.15, -0.1) is 11.3 Å². The highest BCUT2D eigenvalue weighted by atomic mass is 32.1. The average Bonchev–Trinajstić information content (AvgIpc) is 3.28. The van der Waals surface area contributed by atoms with Gasteiger partial charge in [0.15, 0.2) is 0 Å². The monoisotopic (exact) mass is 467 g/mol. The van der Waals surface area contributed by atoms with Crippen LogP contribution in [0.15, 0.2) is 77.3 Å². The molecule has 0 aliphatic rings. The molecule has 168 valence electrons. The number of nitrogens with zero attached hydrogens (tertiary/aromatic N) is 4. The summed E-state index contributed by atoms with van der Waals surface area (Å²) in [6.45, 7) is 0. The van der Waals surface area contributed by atoms with Gasteiger partial charge >= 0.3 is 6.18 Å². The number of rotatable bonds is 6. The van der Waals surface area contributed by atoms with Crippen LogP contribution in [-0.2, 0) is 6.18 Å². The van der Waals surface area contributed by atoms with Crippen LogP contribution in [0.2, 0.25) is 0 Å². The summed E-state index contributed by atoms with van der Waals surface area (Å²) in [4.78, 5) is 10.2. The minimum absolute atomic E-state index is 0.394. The van der Waals surface area contributed by atoms with E-state index in [4.69, 9.17) is 0 Å². The summed E-state index contributed by atoms with van der Waals surface area (Å²) in [7, 11) is 3.48. The molecule has 0 amide bonds. The predicted octanol–water partition coefficient (Wildman–Crippen LogP) is 6.40. The Balaban J connectivity index is 1.55. The van der Waals surface area contributed by atoms with Crippen molar-refractivity contribution >= 4 is 28.5 Å². The van der Waals surface area contributed by atoms with Crippen LogP contribution in [-0.4, -0.2) is 30.3 Å². The summed E-state index contributed by atoms with van der Waals surface area (Å²) in [6, 6.07) is 18.1. The molecule has 0 saturated heterocycles. The molecule has 0 spiro atoms. The van der Waals surface area contributed by atoms with E-state index >= 15 is 0 Å². The van der Waals surface area contributed by atoms with E-state index in [2.05, 4.69) is 20.5 Å². The molecule has 0 saturated carbocycles. The number of hydrazone groups is 1. The summed E-state index contributed by atoms with van der Waals surface area (Å²) in [5, 5.41) is 6.81. The van der Waals surface area contributed by atoms with E-state index in [9.17, 15) is 13.2 Å². The SMILES string of the molecule is CN(C)c1ncc(C(F)(F)F)cc1-c1cccc(C=NNc2nc(-c3ccccc3)cs2)c1. The summed E-state index contributed by atoms with van der Waals surface area (Å²) in [5.74, 6) is 0.450. The quantitative estimate of drug-likeness (QED) is 0.263. The van der Waals surface area contributed by atoms with E-state index in [1.54, 1.807) is 43.4 Å². The fourth-order valence-electron chi connectivity index (χ4n) is 3.20. The molecule has 9 heteroatoms. The first-order valence-corrected chi connectivity index (χ1v) is 10.8. The third-order valence-corrected chi connectivity index (χ3v) is 5.51. The molecule has 0 radical (unpaired) electrons. The van der Waals surface area contributed by atoms with Crippen LogP contribution in [0.4, 0.5) is 24.1 Å². The number of hydrogen-bond donors (Lipinski definition) is 1. The second kappa shape index (κ2) is 9.41. The Morgan fingerprint density at radius 1 is 1.00 bits per heavy atom. The third kappa shape index (κ3) is 5.38. The van der Waals surface area contributed by atoms with Gasteiger partial charge < -0.3 is 4.90 Å². The molecular formula is C24H20F3N5S. The van der Waals surface area contributed by atoms with Gasteiger partial charge in [0.2, 0.25) is 5.13 Å². The Bertz CT molecular complexity index is 1270. The largest absolute Gasteiger partial charge is 0.417 e. The van der Waals surface area contributed by atoms with Crippen molar-refractivity contribution in [3.05, 3.63) is 83.4 Å². The molecule has 5 nitrogen and oxygen atoms in total. The number of halogens is 3. The molecule has 1 N–H and O–H groups in total. The van der Waals surface area contributed by atoms with E-state index in [1.165, 1.54) is 11.3 Å². The highest BCUT2D eigenvalue weighted by molar-refractivity contribution is 7.14. The van der Waals surface area contributed by atoms with Gasteiger partial charge in [0.05, 0.1) is 17.5 Å². The molecule has 0 aliphatic heterocycles. The number of anilines is 2. The number of alkyl halides is 3. The van der Waals surface area contributed by atoms with Crippen LogP contribution in [0, 0.1) is 0 Å². The maximum atomic E-state index is 13.2. The first kappa shape index (κ1) is 22.5. The molecule has 33 heavy (non-hydrogen) atoms. The van der Waals surface area contributed by atoms with Gasteiger partial charge in [-0.2, -0.15) is 18.3 Å². The van der Waals surface area contributed by atoms with Crippen LogP contribution in [0.3, 0.4) is 0 Å². The van der Waals surface area contributed by atoms with Crippen LogP contribution in [0.25, 0.3) is 22.4 Å². The fraction of sp³-hybridized carbons (Fsp3) is 0.125. The van der Waals surface area contributed by atoms with Crippen molar-refractivity contribution in [3.63, 3.8) is 0 Å². The maximum absolute atomic E-state index is 13.2. The minimum Gasteiger partial charge on any atom is -0.362 e. The Labute approximate surface area is 193 Å². The van der Waals surface area contributed by atoms with Crippen molar-refractivity contribution in [3.8, 4) is 22.4 Å². The molecule has 4 aromatic rings. The van der Waals surface area contributed by atoms with Crippen molar-refractivity contribution in [1.82, 2.24) is 9.97 Å². The number of aromatic nitrogens is 2. The number of thiazole rings is 1. The van der Waals surface area contributed by atoms with Crippen molar-refractivity contribution in [2.45, 2.75) is 6.18 Å². The van der Waals surface area contributed by atoms with Crippen LogP contribution in [0.5, 0.6) is 0 Å². The summed E-state index contributed by atoms with van der Waals surface area (Å²) >= 11 is 1.43. The summed E-state index contributed by atoms with van der Waals surface area (Å²) in [6.07, 6.45) is -2.02. The molecule has 0 fully saturated rings. The van der Waals surface area contributed by atoms with Crippen molar-refractivity contribution in [2.75, 3.05) is 24.4 Å². The van der Waals surface area contributed by atoms with E-state index in [0.717, 1.165) is 29.1 Å². The van der Waals surface area contributed by atoms with Crippen LogP contribution < -0.4 is 10.3 Å². The smallest absolute Gasteiger partial charge is 0.362 e. The Kier molecular flexibility index (Phi) is 6.41. The van der Waals surface area contributed by atoms with Crippen molar-refractivity contribution in [1.29, 1.82) is 0 Å². The fourth-order valence-corrected chi connectivity index (χ4v) is 3.87. The van der Waals surface area contributed by atoms with Gasteiger partial charge in [-0.3, -0.25) is 5.43 Å². The van der Waals surface area contributed by atoms with E-state index in [0.29, 0.717) is 22.1 Å². The zero-order valence-electron chi connectivity index (χ0n) is 17.8. The van der Waals surface area contributed by atoms with Crippen molar-refractivity contribution in [2.24, 2.45) is 5.10 Å². The second-order valence-electron chi connectivity index (χ2n) is 7.39. The highest BCUT2D eigenvalue weighted by Gasteiger charge is 2.32. The number of nitrogens with one attached hydrogen (secondary N) is 1. The molecular weight excluding hydrogens is 447 g/mol. The Hall–Kier alpha value is -3.72. The highest BCUT2D eigenvalue weighted by Crippen LogP contribution is 2.35. The molecule has 2 aromatic heterocycles. The van der Waals surface area contributed by atoms with Crippen LogP contribution >= 0.6 is 11.3 Å². The third-order valence-electron chi connectivity index (χ3n) is 4.76. The topological polar surface area (TPSA) is 53.4 Å². The van der Waals surface area contributed by atoms with Gasteiger partial charge in [0.1, 0.15) is 5.82 Å². The van der Waals surface area contributed by atoms with Gasteiger partial charge in [0.25, 0.3) is 0 Å². The van der Waals surface area contributed by atoms with Gasteiger partial charge in [-0.05, 0) is 23.3 Å². The molecule has 2 heterocycles.